The number of ether oxygens (including phenoxy) is 2. The number of nitrogens with one attached hydrogen (secondary N) is 1. The van der Waals surface area contributed by atoms with Crippen LogP contribution in [0, 0.1) is 6.92 Å². The van der Waals surface area contributed by atoms with Gasteiger partial charge in [-0.05, 0) is 75.2 Å². The Labute approximate surface area is 204 Å². The van der Waals surface area contributed by atoms with E-state index in [2.05, 4.69) is 10.3 Å². The summed E-state index contributed by atoms with van der Waals surface area (Å²) in [6, 6.07) is 13.4. The standard InChI is InChI=1S/C26H27N3O5S/c1-17-5-10-24(27-16-17)28-25(30)18-13-22(21-15-26(2,3)34-23(21)14-18)33-19-6-8-20(9-7-19)35(31,32)29-11-4-12-29/h5-10,13-14,16H,4,11-12,15H2,1-3H3,(H,27,28,30). The van der Waals surface area contributed by atoms with E-state index in [-0.39, 0.29) is 10.8 Å². The minimum Gasteiger partial charge on any atom is -0.487 e. The lowest BCUT2D eigenvalue weighted by molar-refractivity contribution is 0.102. The summed E-state index contributed by atoms with van der Waals surface area (Å²) >= 11 is 0. The van der Waals surface area contributed by atoms with Crippen LogP contribution < -0.4 is 14.8 Å². The summed E-state index contributed by atoms with van der Waals surface area (Å²) in [5, 5.41) is 2.80. The molecular weight excluding hydrogens is 466 g/mol. The van der Waals surface area contributed by atoms with Gasteiger partial charge in [0.2, 0.25) is 10.0 Å². The molecule has 182 valence electrons. The second kappa shape index (κ2) is 8.66. The van der Waals surface area contributed by atoms with Crippen molar-refractivity contribution >= 4 is 21.7 Å². The molecule has 0 spiro atoms. The fourth-order valence-corrected chi connectivity index (χ4v) is 5.60. The first-order valence-corrected chi connectivity index (χ1v) is 12.9. The van der Waals surface area contributed by atoms with Gasteiger partial charge in [-0.2, -0.15) is 4.31 Å². The number of hydrogen-bond donors (Lipinski definition) is 1. The molecule has 3 aromatic rings. The molecule has 0 bridgehead atoms. The van der Waals surface area contributed by atoms with Crippen LogP contribution in [-0.4, -0.2) is 42.3 Å². The van der Waals surface area contributed by atoms with Crippen LogP contribution in [0.25, 0.3) is 0 Å². The summed E-state index contributed by atoms with van der Waals surface area (Å²) in [6.07, 6.45) is 3.18. The van der Waals surface area contributed by atoms with Crippen LogP contribution in [0.2, 0.25) is 0 Å². The first-order chi connectivity index (χ1) is 16.6. The van der Waals surface area contributed by atoms with E-state index in [1.807, 2.05) is 26.8 Å². The molecule has 0 atom stereocenters. The van der Waals surface area contributed by atoms with Crippen LogP contribution in [-0.2, 0) is 16.4 Å². The average molecular weight is 494 g/mol. The molecule has 0 unspecified atom stereocenters. The number of benzene rings is 2. The van der Waals surface area contributed by atoms with E-state index in [0.29, 0.717) is 48.1 Å². The molecule has 9 heteroatoms. The van der Waals surface area contributed by atoms with Gasteiger partial charge in [-0.25, -0.2) is 13.4 Å². The lowest BCUT2D eigenvalue weighted by Gasteiger charge is -2.29. The number of pyridine rings is 1. The highest BCUT2D eigenvalue weighted by Crippen LogP contribution is 2.43. The average Bonchev–Trinajstić information content (AvgIpc) is 3.08. The smallest absolute Gasteiger partial charge is 0.257 e. The topological polar surface area (TPSA) is 97.8 Å². The lowest BCUT2D eigenvalue weighted by Crippen LogP contribution is -2.41. The van der Waals surface area contributed by atoms with Crippen molar-refractivity contribution in [2.24, 2.45) is 0 Å². The third kappa shape index (κ3) is 4.74. The fraction of sp³-hybridized carbons (Fsp3) is 0.308. The Morgan fingerprint density at radius 1 is 1.11 bits per heavy atom. The van der Waals surface area contributed by atoms with Gasteiger partial charge in [0.1, 0.15) is 28.7 Å². The summed E-state index contributed by atoms with van der Waals surface area (Å²) in [6.45, 7) is 6.98. The Bertz CT molecular complexity index is 1380. The van der Waals surface area contributed by atoms with Crippen molar-refractivity contribution in [2.75, 3.05) is 18.4 Å². The molecule has 8 nitrogen and oxygen atoms in total. The van der Waals surface area contributed by atoms with Gasteiger partial charge in [0.25, 0.3) is 5.91 Å². The highest BCUT2D eigenvalue weighted by molar-refractivity contribution is 7.89. The highest BCUT2D eigenvalue weighted by Gasteiger charge is 2.34. The molecule has 1 N–H and O–H groups in total. The third-order valence-corrected chi connectivity index (χ3v) is 7.99. The third-order valence-electron chi connectivity index (χ3n) is 6.08. The van der Waals surface area contributed by atoms with Crippen LogP contribution >= 0.6 is 0 Å². The second-order valence-corrected chi connectivity index (χ2v) is 11.4. The molecule has 35 heavy (non-hydrogen) atoms. The first kappa shape index (κ1) is 23.3. The predicted octanol–water partition coefficient (Wildman–Crippen LogP) is 4.54. The molecule has 0 saturated carbocycles. The van der Waals surface area contributed by atoms with Crippen molar-refractivity contribution in [3.63, 3.8) is 0 Å². The largest absolute Gasteiger partial charge is 0.487 e. The number of carbonyl (C=O) groups is 1. The van der Waals surface area contributed by atoms with Gasteiger partial charge in [0, 0.05) is 36.8 Å². The van der Waals surface area contributed by atoms with E-state index in [9.17, 15) is 13.2 Å². The number of anilines is 1. The van der Waals surface area contributed by atoms with E-state index in [1.165, 1.54) is 4.31 Å². The number of amides is 1. The van der Waals surface area contributed by atoms with Crippen LogP contribution in [0.5, 0.6) is 17.2 Å². The van der Waals surface area contributed by atoms with Crippen LogP contribution in [0.4, 0.5) is 5.82 Å². The molecule has 5 rings (SSSR count). The van der Waals surface area contributed by atoms with Crippen LogP contribution in [0.3, 0.4) is 0 Å². The van der Waals surface area contributed by atoms with Crippen molar-refractivity contribution < 1.29 is 22.7 Å². The SMILES string of the molecule is Cc1ccc(NC(=O)c2cc(Oc3ccc(S(=O)(=O)N4CCC4)cc3)c3c(c2)OC(C)(C)C3)nc1. The molecule has 0 radical (unpaired) electrons. The molecule has 1 saturated heterocycles. The quantitative estimate of drug-likeness (QED) is 0.541. The maximum absolute atomic E-state index is 13.0. The minimum absolute atomic E-state index is 0.234. The van der Waals surface area contributed by atoms with E-state index in [1.54, 1.807) is 48.7 Å². The van der Waals surface area contributed by atoms with Crippen LogP contribution in [0.1, 0.15) is 41.8 Å². The van der Waals surface area contributed by atoms with Gasteiger partial charge in [-0.15, -0.1) is 0 Å². The Kier molecular flexibility index (Phi) is 5.77. The molecule has 1 aromatic heterocycles. The van der Waals surface area contributed by atoms with Crippen molar-refractivity contribution in [1.82, 2.24) is 9.29 Å². The van der Waals surface area contributed by atoms with Gasteiger partial charge >= 0.3 is 0 Å². The van der Waals surface area contributed by atoms with Crippen molar-refractivity contribution in [3.8, 4) is 17.2 Å². The monoisotopic (exact) mass is 493 g/mol. The van der Waals surface area contributed by atoms with Crippen molar-refractivity contribution in [3.05, 3.63) is 71.4 Å². The zero-order valence-corrected chi connectivity index (χ0v) is 20.7. The summed E-state index contributed by atoms with van der Waals surface area (Å²) in [5.74, 6) is 1.67. The lowest BCUT2D eigenvalue weighted by atomic mass is 9.99. The Morgan fingerprint density at radius 2 is 1.86 bits per heavy atom. The zero-order chi connectivity index (χ0) is 24.8. The molecule has 1 amide bonds. The maximum atomic E-state index is 13.0. The summed E-state index contributed by atoms with van der Waals surface area (Å²) in [4.78, 5) is 17.5. The number of rotatable bonds is 6. The van der Waals surface area contributed by atoms with Crippen LogP contribution in [0.15, 0.2) is 59.6 Å². The van der Waals surface area contributed by atoms with E-state index in [0.717, 1.165) is 17.5 Å². The number of aryl methyl sites for hydroxylation is 1. The minimum atomic E-state index is -3.47. The highest BCUT2D eigenvalue weighted by atomic mass is 32.2. The zero-order valence-electron chi connectivity index (χ0n) is 19.9. The molecule has 0 aliphatic carbocycles. The Morgan fingerprint density at radius 3 is 2.49 bits per heavy atom. The maximum Gasteiger partial charge on any atom is 0.257 e. The summed E-state index contributed by atoms with van der Waals surface area (Å²) in [5.41, 5.74) is 1.78. The van der Waals surface area contributed by atoms with Gasteiger partial charge in [0.05, 0.1) is 4.90 Å². The summed E-state index contributed by atoms with van der Waals surface area (Å²) < 4.78 is 38.9. The van der Waals surface area contributed by atoms with E-state index < -0.39 is 15.6 Å². The predicted molar refractivity (Wildman–Crippen MR) is 132 cm³/mol. The van der Waals surface area contributed by atoms with Crippen molar-refractivity contribution in [1.29, 1.82) is 0 Å². The van der Waals surface area contributed by atoms with Crippen molar-refractivity contribution in [2.45, 2.75) is 44.1 Å². The number of aromatic nitrogens is 1. The Balaban J connectivity index is 1.42. The summed E-state index contributed by atoms with van der Waals surface area (Å²) in [7, 11) is -3.47. The molecule has 2 aliphatic heterocycles. The fourth-order valence-electron chi connectivity index (χ4n) is 4.08. The molecule has 3 heterocycles. The second-order valence-electron chi connectivity index (χ2n) is 9.50. The number of nitrogens with zero attached hydrogens (tertiary/aromatic N) is 2. The Hall–Kier alpha value is -3.43. The molecular formula is C26H27N3O5S. The normalized spacial score (nSPS) is 16.7. The van der Waals surface area contributed by atoms with Gasteiger partial charge in [-0.1, -0.05) is 6.07 Å². The number of sulfonamides is 1. The first-order valence-electron chi connectivity index (χ1n) is 11.5. The molecule has 1 fully saturated rings. The molecule has 2 aromatic carbocycles. The number of hydrogen-bond acceptors (Lipinski definition) is 6. The molecule has 2 aliphatic rings. The number of carbonyl (C=O) groups excluding carboxylic acids is 1. The van der Waals surface area contributed by atoms with Gasteiger partial charge in [-0.3, -0.25) is 4.79 Å². The number of fused-ring (bicyclic) bond motifs is 1. The van der Waals surface area contributed by atoms with Gasteiger partial charge in [0.15, 0.2) is 0 Å². The van der Waals surface area contributed by atoms with E-state index >= 15 is 0 Å². The van der Waals surface area contributed by atoms with Gasteiger partial charge < -0.3 is 14.8 Å². The van der Waals surface area contributed by atoms with E-state index in [4.69, 9.17) is 9.47 Å².